The van der Waals surface area contributed by atoms with Gasteiger partial charge in [-0.05, 0) is 31.2 Å². The maximum Gasteiger partial charge on any atom is 0.288 e. The van der Waals surface area contributed by atoms with Gasteiger partial charge in [-0.3, -0.25) is 4.79 Å². The summed E-state index contributed by atoms with van der Waals surface area (Å²) >= 11 is 1.74. The summed E-state index contributed by atoms with van der Waals surface area (Å²) in [7, 11) is 0. The van der Waals surface area contributed by atoms with E-state index in [0.29, 0.717) is 34.0 Å². The number of halogens is 2. The fourth-order valence-corrected chi connectivity index (χ4v) is 3.15. The molecule has 0 radical (unpaired) electrons. The van der Waals surface area contributed by atoms with Gasteiger partial charge in [0.2, 0.25) is 5.91 Å². The molecule has 0 bridgehead atoms. The molecule has 1 amide bonds. The predicted octanol–water partition coefficient (Wildman–Crippen LogP) is 3.82. The van der Waals surface area contributed by atoms with E-state index >= 15 is 0 Å². The number of nitrogens with zero attached hydrogens (tertiary/aromatic N) is 3. The Morgan fingerprint density at radius 3 is 2.71 bits per heavy atom. The van der Waals surface area contributed by atoms with Crippen molar-refractivity contribution in [1.82, 2.24) is 14.8 Å². The number of carbonyl (C=O) groups is 1. The molecular formula is C15H16F2N4OS2. The lowest BCUT2D eigenvalue weighted by molar-refractivity contribution is -0.113. The van der Waals surface area contributed by atoms with E-state index in [1.807, 2.05) is 11.5 Å². The van der Waals surface area contributed by atoms with Gasteiger partial charge in [-0.15, -0.1) is 16.8 Å². The minimum atomic E-state index is -2.46. The summed E-state index contributed by atoms with van der Waals surface area (Å²) in [4.78, 5) is 12.4. The summed E-state index contributed by atoms with van der Waals surface area (Å²) in [5.74, 6) is -1.74. The maximum absolute atomic E-state index is 12.3. The van der Waals surface area contributed by atoms with Crippen LogP contribution in [0.25, 0.3) is 0 Å². The number of aromatic nitrogens is 3. The van der Waals surface area contributed by atoms with E-state index in [1.54, 1.807) is 30.3 Å². The van der Waals surface area contributed by atoms with Crippen LogP contribution in [0.4, 0.5) is 14.5 Å². The molecule has 0 aliphatic carbocycles. The molecule has 1 aromatic heterocycles. The average Bonchev–Trinajstić information content (AvgIpc) is 2.88. The van der Waals surface area contributed by atoms with Gasteiger partial charge in [0.25, 0.3) is 5.76 Å². The predicted molar refractivity (Wildman–Crippen MR) is 92.6 cm³/mol. The molecule has 5 nitrogen and oxygen atoms in total. The van der Waals surface area contributed by atoms with E-state index in [-0.39, 0.29) is 11.7 Å². The van der Waals surface area contributed by atoms with E-state index in [4.69, 9.17) is 0 Å². The Bertz CT molecular complexity index is 704. The summed E-state index contributed by atoms with van der Waals surface area (Å²) < 4.78 is 26.4. The van der Waals surface area contributed by atoms with Gasteiger partial charge in [-0.1, -0.05) is 29.6 Å². The van der Waals surface area contributed by atoms with Crippen LogP contribution in [0.15, 0.2) is 47.0 Å². The zero-order valence-corrected chi connectivity index (χ0v) is 14.5. The van der Waals surface area contributed by atoms with Crippen LogP contribution in [0.5, 0.6) is 0 Å². The summed E-state index contributed by atoms with van der Waals surface area (Å²) in [5, 5.41) is 11.4. The normalized spacial score (nSPS) is 10.8. The van der Waals surface area contributed by atoms with Crippen LogP contribution in [-0.4, -0.2) is 32.2 Å². The Hall–Kier alpha value is -1.87. The van der Waals surface area contributed by atoms with Crippen LogP contribution in [0.2, 0.25) is 0 Å². The number of rotatable bonds is 8. The fourth-order valence-electron chi connectivity index (χ4n) is 1.85. The number of alkyl halides is 2. The number of aryl methyl sites for hydroxylation is 1. The van der Waals surface area contributed by atoms with E-state index in [0.717, 1.165) is 5.82 Å². The Morgan fingerprint density at radius 2 is 2.08 bits per heavy atom. The van der Waals surface area contributed by atoms with Gasteiger partial charge in [0.05, 0.1) is 5.75 Å². The van der Waals surface area contributed by atoms with Gasteiger partial charge >= 0.3 is 0 Å². The van der Waals surface area contributed by atoms with Crippen molar-refractivity contribution >= 4 is 35.1 Å². The van der Waals surface area contributed by atoms with Gasteiger partial charge in [0, 0.05) is 17.1 Å². The highest BCUT2D eigenvalue weighted by Gasteiger charge is 2.11. The number of nitrogens with one attached hydrogen (secondary N) is 1. The smallest absolute Gasteiger partial charge is 0.288 e. The second-order valence-corrected chi connectivity index (χ2v) is 6.67. The van der Waals surface area contributed by atoms with Crippen molar-refractivity contribution in [3.05, 3.63) is 42.7 Å². The summed E-state index contributed by atoms with van der Waals surface area (Å²) in [6.07, 6.45) is 1.74. The Kier molecular flexibility index (Phi) is 6.80. The van der Waals surface area contributed by atoms with Gasteiger partial charge in [-0.25, -0.2) is 0 Å². The molecule has 0 saturated heterocycles. The molecular weight excluding hydrogens is 354 g/mol. The van der Waals surface area contributed by atoms with Gasteiger partial charge in [0.1, 0.15) is 5.82 Å². The van der Waals surface area contributed by atoms with Crippen molar-refractivity contribution in [1.29, 1.82) is 0 Å². The standard InChI is InChI=1S/C15H16F2N4OS2/c1-3-8-21-10(2)19-20-15(21)23-9-13(22)18-11-4-6-12(7-5-11)24-14(16)17/h3-7,14H,1,8-9H2,2H3,(H,18,22). The number of benzene rings is 1. The zero-order valence-electron chi connectivity index (χ0n) is 12.9. The lowest BCUT2D eigenvalue weighted by Gasteiger charge is -2.07. The second kappa shape index (κ2) is 8.84. The number of hydrogen-bond acceptors (Lipinski definition) is 5. The van der Waals surface area contributed by atoms with E-state index < -0.39 is 5.76 Å². The van der Waals surface area contributed by atoms with Crippen molar-refractivity contribution in [2.45, 2.75) is 29.3 Å². The number of allylic oxidation sites excluding steroid dienone is 1. The molecule has 1 aromatic carbocycles. The minimum Gasteiger partial charge on any atom is -0.325 e. The molecule has 128 valence electrons. The quantitative estimate of drug-likeness (QED) is 0.565. The first-order valence-corrected chi connectivity index (χ1v) is 8.84. The molecule has 0 aliphatic rings. The Morgan fingerprint density at radius 1 is 1.38 bits per heavy atom. The van der Waals surface area contributed by atoms with Gasteiger partial charge in [0.15, 0.2) is 5.16 Å². The first-order valence-electron chi connectivity index (χ1n) is 6.98. The molecule has 0 unspecified atom stereocenters. The molecule has 2 aromatic rings. The van der Waals surface area contributed by atoms with Gasteiger partial charge < -0.3 is 9.88 Å². The Balaban J connectivity index is 1.88. The lowest BCUT2D eigenvalue weighted by Crippen LogP contribution is -2.14. The number of amides is 1. The first-order chi connectivity index (χ1) is 11.5. The molecule has 2 rings (SSSR count). The number of hydrogen-bond donors (Lipinski definition) is 1. The van der Waals surface area contributed by atoms with E-state index in [2.05, 4.69) is 22.1 Å². The molecule has 0 fully saturated rings. The maximum atomic E-state index is 12.3. The van der Waals surface area contributed by atoms with Crippen molar-refractivity contribution in [3.63, 3.8) is 0 Å². The molecule has 0 spiro atoms. The fraction of sp³-hybridized carbons (Fsp3) is 0.267. The largest absolute Gasteiger partial charge is 0.325 e. The van der Waals surface area contributed by atoms with Crippen LogP contribution >= 0.6 is 23.5 Å². The van der Waals surface area contributed by atoms with E-state index in [9.17, 15) is 13.6 Å². The van der Waals surface area contributed by atoms with Crippen molar-refractivity contribution in [2.75, 3.05) is 11.1 Å². The summed E-state index contributed by atoms with van der Waals surface area (Å²) in [5.41, 5.74) is 0.558. The van der Waals surface area contributed by atoms with Crippen molar-refractivity contribution in [2.24, 2.45) is 0 Å². The highest BCUT2D eigenvalue weighted by atomic mass is 32.2. The number of anilines is 1. The molecule has 9 heteroatoms. The third kappa shape index (κ3) is 5.34. The highest BCUT2D eigenvalue weighted by molar-refractivity contribution is 8.00. The Labute approximate surface area is 146 Å². The van der Waals surface area contributed by atoms with Crippen LogP contribution in [0.1, 0.15) is 5.82 Å². The number of thioether (sulfide) groups is 2. The van der Waals surface area contributed by atoms with Crippen LogP contribution < -0.4 is 5.32 Å². The third-order valence-corrected chi connectivity index (χ3v) is 4.60. The van der Waals surface area contributed by atoms with E-state index in [1.165, 1.54) is 11.8 Å². The van der Waals surface area contributed by atoms with Crippen LogP contribution in [-0.2, 0) is 11.3 Å². The van der Waals surface area contributed by atoms with Crippen molar-refractivity contribution < 1.29 is 13.6 Å². The number of carbonyl (C=O) groups excluding carboxylic acids is 1. The van der Waals surface area contributed by atoms with Gasteiger partial charge in [-0.2, -0.15) is 8.78 Å². The van der Waals surface area contributed by atoms with Crippen LogP contribution in [0.3, 0.4) is 0 Å². The van der Waals surface area contributed by atoms with Crippen molar-refractivity contribution in [3.8, 4) is 0 Å². The topological polar surface area (TPSA) is 59.8 Å². The first kappa shape index (κ1) is 18.5. The molecule has 1 N–H and O–H groups in total. The molecule has 0 atom stereocenters. The zero-order chi connectivity index (χ0) is 17.5. The van der Waals surface area contributed by atoms with Crippen LogP contribution in [0, 0.1) is 6.92 Å². The molecule has 24 heavy (non-hydrogen) atoms. The molecule has 0 saturated carbocycles. The monoisotopic (exact) mass is 370 g/mol. The molecule has 1 heterocycles. The highest BCUT2D eigenvalue weighted by Crippen LogP contribution is 2.26. The lowest BCUT2D eigenvalue weighted by atomic mass is 10.3. The SMILES string of the molecule is C=CCn1c(C)nnc1SCC(=O)Nc1ccc(SC(F)F)cc1. The second-order valence-electron chi connectivity index (χ2n) is 4.67. The third-order valence-electron chi connectivity index (χ3n) is 2.91. The average molecular weight is 370 g/mol. The summed E-state index contributed by atoms with van der Waals surface area (Å²) in [6, 6.07) is 6.28. The summed E-state index contributed by atoms with van der Waals surface area (Å²) in [6.45, 7) is 6.09. The minimum absolute atomic E-state index is 0.169. The molecule has 0 aliphatic heterocycles.